The number of hydrogen-bond donors (Lipinski definition) is 0. The van der Waals surface area contributed by atoms with Gasteiger partial charge in [0.15, 0.2) is 0 Å². The largest absolute Gasteiger partial charge is 0.491 e. The topological polar surface area (TPSA) is 111 Å². The van der Waals surface area contributed by atoms with Gasteiger partial charge in [0.1, 0.15) is 19.0 Å². The van der Waals surface area contributed by atoms with Crippen LogP contribution < -0.4 is 4.74 Å². The molecule has 0 saturated carbocycles. The van der Waals surface area contributed by atoms with Crippen LogP contribution in [0, 0.1) is 0 Å². The van der Waals surface area contributed by atoms with Crippen molar-refractivity contribution in [2.45, 2.75) is 51.9 Å². The van der Waals surface area contributed by atoms with E-state index in [-0.39, 0.29) is 6.61 Å². The van der Waals surface area contributed by atoms with Crippen LogP contribution in [0.4, 0.5) is 4.39 Å². The zero-order valence-electron chi connectivity index (χ0n) is 31.5. The van der Waals surface area contributed by atoms with E-state index in [1.54, 1.807) is 0 Å². The maximum atomic E-state index is 11.8. The molecule has 12 nitrogen and oxygen atoms in total. The van der Waals surface area contributed by atoms with Gasteiger partial charge in [-0.05, 0) is 30.5 Å². The van der Waals surface area contributed by atoms with E-state index in [2.05, 4.69) is 19.1 Å². The minimum Gasteiger partial charge on any atom is -0.491 e. The van der Waals surface area contributed by atoms with E-state index in [1.165, 1.54) is 44.1 Å². The van der Waals surface area contributed by atoms with Gasteiger partial charge in [-0.3, -0.25) is 0 Å². The third-order valence-electron chi connectivity index (χ3n) is 7.18. The lowest BCUT2D eigenvalue weighted by molar-refractivity contribution is -0.0278. The van der Waals surface area contributed by atoms with Gasteiger partial charge in [0, 0.05) is 0 Å². The Labute approximate surface area is 307 Å². The maximum Gasteiger partial charge on any atom is 0.119 e. The molecule has 0 aliphatic heterocycles. The van der Waals surface area contributed by atoms with E-state index in [4.69, 9.17) is 56.8 Å². The summed E-state index contributed by atoms with van der Waals surface area (Å²) < 4.78 is 77.3. The molecule has 0 N–H and O–H groups in total. The molecule has 0 bridgehead atoms. The number of ether oxygens (including phenoxy) is 12. The molecule has 1 rings (SSSR count). The molecular weight excluding hydrogens is 667 g/mol. The van der Waals surface area contributed by atoms with E-state index in [0.29, 0.717) is 145 Å². The highest BCUT2D eigenvalue weighted by atomic mass is 19.1. The van der Waals surface area contributed by atoms with E-state index >= 15 is 0 Å². The molecule has 51 heavy (non-hydrogen) atoms. The van der Waals surface area contributed by atoms with E-state index < -0.39 is 6.67 Å². The summed E-state index contributed by atoms with van der Waals surface area (Å²) in [6.45, 7) is 12.8. The molecule has 0 atom stereocenters. The number of unbranched alkanes of at least 4 members (excludes halogenated alkanes) is 5. The van der Waals surface area contributed by atoms with Gasteiger partial charge >= 0.3 is 0 Å². The summed E-state index contributed by atoms with van der Waals surface area (Å²) in [5.41, 5.74) is 1.37. The van der Waals surface area contributed by atoms with Crippen LogP contribution in [0.3, 0.4) is 0 Å². The average Bonchev–Trinajstić information content (AvgIpc) is 3.15. The number of hydrogen-bond acceptors (Lipinski definition) is 12. The highest BCUT2D eigenvalue weighted by Crippen LogP contribution is 2.15. The van der Waals surface area contributed by atoms with Gasteiger partial charge in [-0.1, -0.05) is 51.2 Å². The summed E-state index contributed by atoms with van der Waals surface area (Å²) in [7, 11) is 0. The molecule has 0 spiro atoms. The zero-order valence-corrected chi connectivity index (χ0v) is 31.5. The Balaban J connectivity index is 1.68. The Bertz CT molecular complexity index is 793. The molecule has 0 aliphatic rings. The van der Waals surface area contributed by atoms with Crippen molar-refractivity contribution >= 4 is 0 Å². The Morgan fingerprint density at radius 3 is 0.980 bits per heavy atom. The summed E-state index contributed by atoms with van der Waals surface area (Å²) in [4.78, 5) is 0. The van der Waals surface area contributed by atoms with Crippen LogP contribution in [0.5, 0.6) is 5.75 Å². The second-order valence-corrected chi connectivity index (χ2v) is 11.4. The van der Waals surface area contributed by atoms with Crippen molar-refractivity contribution in [1.29, 1.82) is 0 Å². The summed E-state index contributed by atoms with van der Waals surface area (Å²) in [6, 6.07) is 8.42. The Morgan fingerprint density at radius 2 is 0.647 bits per heavy atom. The van der Waals surface area contributed by atoms with Crippen molar-refractivity contribution in [3.63, 3.8) is 0 Å². The standard InChI is InChI=1S/C38H69FO12/c1-2-3-4-5-6-7-8-37-9-11-38(12-10-37)51-36-35-50-34-33-49-32-31-48-30-29-47-28-27-46-26-25-45-24-23-44-22-21-43-20-19-42-18-17-41-16-15-40-14-13-39/h9-12H,2-8,13-36H2,1H3. The molecular formula is C38H69FO12. The van der Waals surface area contributed by atoms with E-state index in [9.17, 15) is 4.39 Å². The lowest BCUT2D eigenvalue weighted by Gasteiger charge is -2.09. The summed E-state index contributed by atoms with van der Waals surface area (Å²) >= 11 is 0. The minimum absolute atomic E-state index is 0.113. The van der Waals surface area contributed by atoms with E-state index in [0.717, 1.165) is 12.2 Å². The number of halogens is 1. The fourth-order valence-electron chi connectivity index (χ4n) is 4.44. The first-order chi connectivity index (χ1) is 25.4. The second kappa shape index (κ2) is 41.3. The predicted molar refractivity (Wildman–Crippen MR) is 194 cm³/mol. The lowest BCUT2D eigenvalue weighted by Crippen LogP contribution is -2.15. The van der Waals surface area contributed by atoms with Crippen molar-refractivity contribution in [1.82, 2.24) is 0 Å². The zero-order chi connectivity index (χ0) is 36.4. The summed E-state index contributed by atoms with van der Waals surface area (Å²) in [5, 5.41) is 0. The van der Waals surface area contributed by atoms with Gasteiger partial charge in [0.2, 0.25) is 0 Å². The molecule has 0 fully saturated rings. The molecule has 300 valence electrons. The second-order valence-electron chi connectivity index (χ2n) is 11.4. The van der Waals surface area contributed by atoms with Crippen molar-refractivity contribution in [2.24, 2.45) is 0 Å². The van der Waals surface area contributed by atoms with Gasteiger partial charge in [-0.2, -0.15) is 0 Å². The molecule has 0 heterocycles. The highest BCUT2D eigenvalue weighted by Gasteiger charge is 1.99. The van der Waals surface area contributed by atoms with Gasteiger partial charge in [-0.15, -0.1) is 0 Å². The first-order valence-electron chi connectivity index (χ1n) is 19.0. The third kappa shape index (κ3) is 36.6. The third-order valence-corrected chi connectivity index (χ3v) is 7.18. The quantitative estimate of drug-likeness (QED) is 0.0831. The van der Waals surface area contributed by atoms with Crippen LogP contribution >= 0.6 is 0 Å². The number of benzene rings is 1. The monoisotopic (exact) mass is 736 g/mol. The molecule has 0 amide bonds. The fraction of sp³-hybridized carbons (Fsp3) is 0.842. The predicted octanol–water partition coefficient (Wildman–Crippen LogP) is 5.12. The van der Waals surface area contributed by atoms with Crippen molar-refractivity contribution in [3.05, 3.63) is 29.8 Å². The van der Waals surface area contributed by atoms with Gasteiger partial charge in [0.25, 0.3) is 0 Å². The van der Waals surface area contributed by atoms with Crippen LogP contribution in [-0.2, 0) is 58.5 Å². The molecule has 0 aliphatic carbocycles. The van der Waals surface area contributed by atoms with Gasteiger partial charge < -0.3 is 56.8 Å². The molecule has 1 aromatic rings. The first kappa shape index (κ1) is 47.5. The van der Waals surface area contributed by atoms with Crippen LogP contribution in [0.15, 0.2) is 24.3 Å². The number of alkyl halides is 1. The molecule has 0 aromatic heterocycles. The highest BCUT2D eigenvalue weighted by molar-refractivity contribution is 5.27. The molecule has 1 aromatic carbocycles. The molecule has 13 heteroatoms. The Kier molecular flexibility index (Phi) is 38.5. The average molecular weight is 737 g/mol. The molecule has 0 saturated heterocycles. The minimum atomic E-state index is -0.475. The fourth-order valence-corrected chi connectivity index (χ4v) is 4.44. The Morgan fingerprint density at radius 1 is 0.353 bits per heavy atom. The SMILES string of the molecule is CCCCCCCCc1ccc(OCCOCCOCCOCCOCCOCCOCCOCCOCCOCCOCCOCCF)cc1. The number of aryl methyl sites for hydroxylation is 1. The van der Waals surface area contributed by atoms with Crippen LogP contribution in [-0.4, -0.2) is 159 Å². The van der Waals surface area contributed by atoms with Crippen LogP contribution in [0.2, 0.25) is 0 Å². The Hall–Kier alpha value is -1.49. The number of rotatable bonds is 43. The van der Waals surface area contributed by atoms with Crippen LogP contribution in [0.1, 0.15) is 51.0 Å². The van der Waals surface area contributed by atoms with Crippen molar-refractivity contribution in [3.8, 4) is 5.75 Å². The van der Waals surface area contributed by atoms with Gasteiger partial charge in [-0.25, -0.2) is 4.39 Å². The summed E-state index contributed by atoms with van der Waals surface area (Å²) in [5.74, 6) is 0.882. The van der Waals surface area contributed by atoms with Crippen molar-refractivity contribution < 1.29 is 61.2 Å². The van der Waals surface area contributed by atoms with E-state index in [1.807, 2.05) is 12.1 Å². The smallest absolute Gasteiger partial charge is 0.119 e. The first-order valence-corrected chi connectivity index (χ1v) is 19.0. The molecule has 0 unspecified atom stereocenters. The van der Waals surface area contributed by atoms with Crippen LogP contribution in [0.25, 0.3) is 0 Å². The maximum absolute atomic E-state index is 11.8. The van der Waals surface area contributed by atoms with Crippen molar-refractivity contribution in [2.75, 3.05) is 159 Å². The lowest BCUT2D eigenvalue weighted by atomic mass is 10.0. The summed E-state index contributed by atoms with van der Waals surface area (Å²) in [6.07, 6.45) is 9.07. The molecule has 0 radical (unpaired) electrons. The van der Waals surface area contributed by atoms with Gasteiger partial charge in [0.05, 0.1) is 145 Å². The normalized spacial score (nSPS) is 11.5.